The summed E-state index contributed by atoms with van der Waals surface area (Å²) in [6.07, 6.45) is 8.58. The Hall–Kier alpha value is 1.05. The van der Waals surface area contributed by atoms with E-state index in [0.717, 1.165) is 0 Å². The van der Waals surface area contributed by atoms with Gasteiger partial charge in [-0.15, -0.1) is 0 Å². The highest BCUT2D eigenvalue weighted by atomic mass is 32.2. The van der Waals surface area contributed by atoms with Crippen molar-refractivity contribution in [3.8, 4) is 0 Å². The Bertz CT molecular complexity index is 238. The maximum atomic E-state index is 9.13. The molecule has 0 saturated heterocycles. The fraction of sp³-hybridized carbons (Fsp3) is 1.00. The Kier molecular flexibility index (Phi) is 23.4. The molecule has 0 heterocycles. The van der Waals surface area contributed by atoms with E-state index in [-0.39, 0.29) is 0 Å². The van der Waals surface area contributed by atoms with E-state index in [1.54, 1.807) is 0 Å². The summed E-state index contributed by atoms with van der Waals surface area (Å²) in [4.78, 5) is 0. The number of aliphatic hydroxyl groups is 2. The average Bonchev–Trinajstić information content (AvgIpc) is 2.48. The predicted molar refractivity (Wildman–Crippen MR) is 125 cm³/mol. The van der Waals surface area contributed by atoms with Crippen LogP contribution < -0.4 is 0 Å². The molecule has 0 saturated carbocycles. The number of thioether (sulfide) groups is 2. The van der Waals surface area contributed by atoms with Crippen molar-refractivity contribution in [2.24, 2.45) is 5.92 Å². The van der Waals surface area contributed by atoms with Crippen molar-refractivity contribution < 1.29 is 10.2 Å². The summed E-state index contributed by atoms with van der Waals surface area (Å²) in [6, 6.07) is 1.27. The third-order valence-electron chi connectivity index (χ3n) is 3.07. The number of rotatable bonds is 10. The quantitative estimate of drug-likeness (QED) is 0.356. The minimum absolute atomic E-state index is 0.380. The van der Waals surface area contributed by atoms with E-state index in [9.17, 15) is 0 Å². The van der Waals surface area contributed by atoms with Crippen LogP contribution in [-0.2, 0) is 0 Å². The second kappa shape index (κ2) is 18.8. The van der Waals surface area contributed by atoms with Crippen LogP contribution in [0.15, 0.2) is 0 Å². The highest BCUT2D eigenvalue weighted by Gasteiger charge is 2.19. The lowest BCUT2D eigenvalue weighted by atomic mass is 10.1. The minimum atomic E-state index is -1.08. The molecule has 150 valence electrons. The Balaban J connectivity index is -0.000000309. The van der Waals surface area contributed by atoms with Crippen molar-refractivity contribution in [1.29, 1.82) is 0 Å². The molecule has 0 aromatic heterocycles. The fourth-order valence-corrected chi connectivity index (χ4v) is 4.91. The van der Waals surface area contributed by atoms with Gasteiger partial charge < -0.3 is 10.2 Å². The van der Waals surface area contributed by atoms with Gasteiger partial charge in [-0.1, -0.05) is 58.7 Å². The van der Waals surface area contributed by atoms with Gasteiger partial charge in [0.2, 0.25) is 0 Å². The molecular formula is C18H46O2S2Si2. The first-order valence-electron chi connectivity index (χ1n) is 9.17. The van der Waals surface area contributed by atoms with Crippen molar-refractivity contribution in [2.75, 3.05) is 36.9 Å². The van der Waals surface area contributed by atoms with E-state index in [1.807, 2.05) is 23.5 Å². The van der Waals surface area contributed by atoms with Gasteiger partial charge in [0.15, 0.2) is 0 Å². The second-order valence-corrected chi connectivity index (χ2v) is 21.6. The minimum Gasteiger partial charge on any atom is -0.400 e. The molecule has 0 aromatic carbocycles. The molecule has 1 atom stereocenters. The van der Waals surface area contributed by atoms with Gasteiger partial charge in [-0.2, -0.15) is 23.5 Å². The molecule has 1 unspecified atom stereocenters. The zero-order valence-electron chi connectivity index (χ0n) is 17.9. The molecule has 0 fully saturated rings. The standard InChI is InChI=1S/C9H22OSSi.C5H12S.C4H12OSi/c1-11-6-5-9(7-10)8-12(2,3)4;1-3-4-5-6-2;1-6(2,3)4-5/h9-10H,5-8H2,1-4H3;3-5H2,1-2H3;5H,4H2,1-3H3. The van der Waals surface area contributed by atoms with Crippen LogP contribution in [0.1, 0.15) is 26.2 Å². The fourth-order valence-electron chi connectivity index (χ4n) is 1.70. The van der Waals surface area contributed by atoms with Crippen LogP contribution in [0.2, 0.25) is 45.3 Å². The molecule has 0 radical (unpaired) electrons. The average molecular weight is 415 g/mol. The van der Waals surface area contributed by atoms with Crippen LogP contribution >= 0.6 is 23.5 Å². The smallest absolute Gasteiger partial charge is 0.0742 e. The molecule has 2 N–H and O–H groups in total. The molecule has 24 heavy (non-hydrogen) atoms. The van der Waals surface area contributed by atoms with Crippen LogP contribution in [0.3, 0.4) is 0 Å². The maximum absolute atomic E-state index is 9.13. The van der Waals surface area contributed by atoms with E-state index < -0.39 is 16.1 Å². The van der Waals surface area contributed by atoms with Crippen molar-refractivity contribution >= 4 is 39.7 Å². The molecule has 6 heteroatoms. The third-order valence-corrected chi connectivity index (χ3v) is 7.16. The SMILES string of the molecule is CCCCSC.CSCCC(CO)C[Si](C)(C)C.C[Si](C)(C)CO. The van der Waals surface area contributed by atoms with E-state index in [0.29, 0.717) is 18.8 Å². The molecule has 0 rings (SSSR count). The van der Waals surface area contributed by atoms with Gasteiger partial charge in [-0.05, 0) is 42.8 Å². The number of hydrogen-bond acceptors (Lipinski definition) is 4. The summed E-state index contributed by atoms with van der Waals surface area (Å²) < 4.78 is 0. The highest BCUT2D eigenvalue weighted by molar-refractivity contribution is 7.98. The summed E-state index contributed by atoms with van der Waals surface area (Å²) in [5.74, 6) is 3.08. The number of aliphatic hydroxyl groups excluding tert-OH is 2. The Morgan fingerprint density at radius 3 is 1.50 bits per heavy atom. The van der Waals surface area contributed by atoms with Crippen LogP contribution in [0.4, 0.5) is 0 Å². The van der Waals surface area contributed by atoms with E-state index in [1.165, 1.54) is 36.8 Å². The molecular weight excluding hydrogens is 369 g/mol. The van der Waals surface area contributed by atoms with Gasteiger partial charge >= 0.3 is 0 Å². The van der Waals surface area contributed by atoms with E-state index in [2.05, 4.69) is 58.7 Å². The van der Waals surface area contributed by atoms with Crippen molar-refractivity contribution in [1.82, 2.24) is 0 Å². The molecule has 0 spiro atoms. The molecule has 0 aliphatic carbocycles. The van der Waals surface area contributed by atoms with Gasteiger partial charge in [0.1, 0.15) is 0 Å². The largest absolute Gasteiger partial charge is 0.400 e. The zero-order valence-corrected chi connectivity index (χ0v) is 21.6. The maximum Gasteiger partial charge on any atom is 0.0742 e. The lowest BCUT2D eigenvalue weighted by Gasteiger charge is -2.22. The molecule has 0 bridgehead atoms. The summed E-state index contributed by atoms with van der Waals surface area (Å²) in [5.41, 5.74) is 0. The monoisotopic (exact) mass is 414 g/mol. The highest BCUT2D eigenvalue weighted by Crippen LogP contribution is 2.20. The first kappa shape index (κ1) is 29.8. The Morgan fingerprint density at radius 1 is 0.833 bits per heavy atom. The summed E-state index contributed by atoms with van der Waals surface area (Å²) >= 11 is 3.80. The molecule has 0 aliphatic rings. The molecule has 0 amide bonds. The first-order valence-corrected chi connectivity index (χ1v) is 19.4. The summed E-state index contributed by atoms with van der Waals surface area (Å²) in [7, 11) is -2.04. The van der Waals surface area contributed by atoms with Gasteiger partial charge in [-0.3, -0.25) is 0 Å². The second-order valence-electron chi connectivity index (χ2n) is 8.66. The normalized spacial score (nSPS) is 12.6. The Morgan fingerprint density at radius 2 is 1.29 bits per heavy atom. The van der Waals surface area contributed by atoms with Gasteiger partial charge in [-0.25, -0.2) is 0 Å². The molecule has 0 aromatic rings. The lowest BCUT2D eigenvalue weighted by Crippen LogP contribution is -2.25. The number of hydrogen-bond donors (Lipinski definition) is 2. The summed E-state index contributed by atoms with van der Waals surface area (Å²) in [5, 5.41) is 17.6. The van der Waals surface area contributed by atoms with Crippen molar-refractivity contribution in [2.45, 2.75) is 71.5 Å². The van der Waals surface area contributed by atoms with Crippen molar-refractivity contribution in [3.63, 3.8) is 0 Å². The lowest BCUT2D eigenvalue weighted by molar-refractivity contribution is 0.234. The van der Waals surface area contributed by atoms with Gasteiger partial charge in [0, 0.05) is 20.9 Å². The molecule has 2 nitrogen and oxygen atoms in total. The van der Waals surface area contributed by atoms with Crippen molar-refractivity contribution in [3.05, 3.63) is 0 Å². The van der Waals surface area contributed by atoms with Crippen LogP contribution in [0.25, 0.3) is 0 Å². The van der Waals surface area contributed by atoms with Gasteiger partial charge in [0.25, 0.3) is 0 Å². The topological polar surface area (TPSA) is 40.5 Å². The first-order chi connectivity index (χ1) is 11.0. The summed E-state index contributed by atoms with van der Waals surface area (Å²) in [6.45, 7) is 16.1. The van der Waals surface area contributed by atoms with Gasteiger partial charge in [0.05, 0.1) is 8.07 Å². The Labute approximate surface area is 164 Å². The predicted octanol–water partition coefficient (Wildman–Crippen LogP) is 5.69. The van der Waals surface area contributed by atoms with E-state index in [4.69, 9.17) is 10.2 Å². The van der Waals surface area contributed by atoms with E-state index >= 15 is 0 Å². The van der Waals surface area contributed by atoms with Crippen LogP contribution in [-0.4, -0.2) is 63.2 Å². The zero-order chi connectivity index (χ0) is 19.6. The van der Waals surface area contributed by atoms with Crippen LogP contribution in [0.5, 0.6) is 0 Å². The van der Waals surface area contributed by atoms with Crippen LogP contribution in [0, 0.1) is 5.92 Å². The molecule has 0 aliphatic heterocycles. The number of unbranched alkanes of at least 4 members (excludes halogenated alkanes) is 1. The third kappa shape index (κ3) is 34.4.